The van der Waals surface area contributed by atoms with Crippen LogP contribution in [0.2, 0.25) is 0 Å². The van der Waals surface area contributed by atoms with E-state index >= 15 is 0 Å². The molecule has 1 aliphatic rings. The van der Waals surface area contributed by atoms with Crippen LogP contribution in [-0.4, -0.2) is 64.8 Å². The lowest BCUT2D eigenvalue weighted by Gasteiger charge is -2.34. The molecule has 20 heavy (non-hydrogen) atoms. The van der Waals surface area contributed by atoms with E-state index in [4.69, 9.17) is 5.11 Å². The van der Waals surface area contributed by atoms with Crippen molar-refractivity contribution in [2.24, 2.45) is 0 Å². The van der Waals surface area contributed by atoms with E-state index in [-0.39, 0.29) is 5.91 Å². The zero-order chi connectivity index (χ0) is 15.3. The van der Waals surface area contributed by atoms with Crippen LogP contribution in [0.15, 0.2) is 0 Å². The third-order valence-corrected chi connectivity index (χ3v) is 3.36. The first-order valence-electron chi connectivity index (χ1n) is 6.51. The van der Waals surface area contributed by atoms with E-state index in [0.29, 0.717) is 13.0 Å². The largest absolute Gasteiger partial charge is 0.479 e. The topological polar surface area (TPSA) is 119 Å². The Morgan fingerprint density at radius 3 is 2.55 bits per heavy atom. The first kappa shape index (κ1) is 16.2. The quantitative estimate of drug-likeness (QED) is 0.536. The summed E-state index contributed by atoms with van der Waals surface area (Å²) in [5, 5.41) is 23.2. The van der Waals surface area contributed by atoms with E-state index < -0.39 is 30.2 Å². The van der Waals surface area contributed by atoms with Crippen molar-refractivity contribution in [2.75, 3.05) is 20.1 Å². The normalized spacial score (nSPS) is 21.8. The number of hydrogen-bond donors (Lipinski definition) is 4. The molecule has 114 valence electrons. The van der Waals surface area contributed by atoms with E-state index in [1.807, 2.05) is 0 Å². The lowest BCUT2D eigenvalue weighted by Crippen LogP contribution is -2.56. The van der Waals surface area contributed by atoms with Crippen LogP contribution in [0, 0.1) is 0 Å². The zero-order valence-corrected chi connectivity index (χ0v) is 11.7. The minimum Gasteiger partial charge on any atom is -0.479 e. The Hall–Kier alpha value is -1.83. The highest BCUT2D eigenvalue weighted by atomic mass is 16.4. The molecule has 0 radical (unpaired) electrons. The number of likely N-dealkylation sites (tertiary alicyclic amines) is 1. The predicted molar refractivity (Wildman–Crippen MR) is 70.1 cm³/mol. The van der Waals surface area contributed by atoms with Crippen molar-refractivity contribution in [1.29, 1.82) is 0 Å². The number of aliphatic hydroxyl groups is 1. The highest BCUT2D eigenvalue weighted by Crippen LogP contribution is 2.17. The van der Waals surface area contributed by atoms with Gasteiger partial charge in [-0.3, -0.25) is 4.79 Å². The van der Waals surface area contributed by atoms with Gasteiger partial charge in [-0.1, -0.05) is 0 Å². The Balaban J connectivity index is 2.64. The molecule has 0 saturated carbocycles. The number of carbonyl (C=O) groups excluding carboxylic acids is 2. The van der Waals surface area contributed by atoms with Gasteiger partial charge in [-0.05, 0) is 26.2 Å². The van der Waals surface area contributed by atoms with Crippen molar-refractivity contribution >= 4 is 17.9 Å². The maximum absolute atomic E-state index is 12.0. The van der Waals surface area contributed by atoms with Gasteiger partial charge < -0.3 is 25.7 Å². The molecule has 0 bridgehead atoms. The Morgan fingerprint density at radius 2 is 2.00 bits per heavy atom. The van der Waals surface area contributed by atoms with Gasteiger partial charge in [0.2, 0.25) is 5.91 Å². The molecule has 1 heterocycles. The molecule has 8 heteroatoms. The van der Waals surface area contributed by atoms with Crippen molar-refractivity contribution in [3.05, 3.63) is 0 Å². The van der Waals surface area contributed by atoms with E-state index in [1.54, 1.807) is 0 Å². The lowest BCUT2D eigenvalue weighted by atomic mass is 10.0. The van der Waals surface area contributed by atoms with Crippen molar-refractivity contribution in [2.45, 2.75) is 37.8 Å². The van der Waals surface area contributed by atoms with Crippen molar-refractivity contribution < 1.29 is 24.6 Å². The number of amides is 3. The molecule has 0 aromatic carbocycles. The molecule has 2 unspecified atom stereocenters. The summed E-state index contributed by atoms with van der Waals surface area (Å²) in [5.74, 6) is -1.66. The highest BCUT2D eigenvalue weighted by molar-refractivity contribution is 5.87. The third kappa shape index (κ3) is 3.83. The maximum atomic E-state index is 12.0. The first-order valence-corrected chi connectivity index (χ1v) is 6.51. The van der Waals surface area contributed by atoms with Crippen molar-refractivity contribution in [3.63, 3.8) is 0 Å². The van der Waals surface area contributed by atoms with Gasteiger partial charge in [-0.25, -0.2) is 9.59 Å². The van der Waals surface area contributed by atoms with Crippen LogP contribution >= 0.6 is 0 Å². The summed E-state index contributed by atoms with van der Waals surface area (Å²) in [6.07, 6.45) is 2.22. The Bertz CT molecular complexity index is 397. The molecule has 0 aromatic rings. The summed E-state index contributed by atoms with van der Waals surface area (Å²) >= 11 is 0. The third-order valence-electron chi connectivity index (χ3n) is 3.36. The summed E-state index contributed by atoms with van der Waals surface area (Å²) in [6.45, 7) is 1.11. The number of nitrogens with one attached hydrogen (secondary N) is 2. The second-order valence-electron chi connectivity index (χ2n) is 5.06. The van der Waals surface area contributed by atoms with Crippen LogP contribution in [0.3, 0.4) is 0 Å². The molecule has 0 aromatic heterocycles. The fourth-order valence-corrected chi connectivity index (χ4v) is 2.04. The van der Waals surface area contributed by atoms with Crippen molar-refractivity contribution in [3.8, 4) is 0 Å². The molecule has 3 amide bonds. The lowest BCUT2D eigenvalue weighted by molar-refractivity contribution is -0.155. The number of likely N-dealkylation sites (N-methyl/N-ethyl adjacent to an activating group) is 1. The van der Waals surface area contributed by atoms with Crippen LogP contribution in [0.1, 0.15) is 26.2 Å². The van der Waals surface area contributed by atoms with E-state index in [9.17, 15) is 19.5 Å². The molecule has 1 saturated heterocycles. The van der Waals surface area contributed by atoms with Gasteiger partial charge in [0.15, 0.2) is 5.60 Å². The Morgan fingerprint density at radius 1 is 1.35 bits per heavy atom. The minimum absolute atomic E-state index is 0.246. The van der Waals surface area contributed by atoms with Gasteiger partial charge in [0, 0.05) is 13.6 Å². The molecule has 0 aliphatic carbocycles. The molecular formula is C12H21N3O5. The molecule has 4 N–H and O–H groups in total. The summed E-state index contributed by atoms with van der Waals surface area (Å²) in [6, 6.07) is -1.09. The number of nitrogens with zero attached hydrogens (tertiary/aromatic N) is 1. The second kappa shape index (κ2) is 6.56. The van der Waals surface area contributed by atoms with Gasteiger partial charge in [0.25, 0.3) is 0 Å². The summed E-state index contributed by atoms with van der Waals surface area (Å²) in [5.41, 5.74) is -2.03. The number of hydrogen-bond acceptors (Lipinski definition) is 4. The van der Waals surface area contributed by atoms with Crippen molar-refractivity contribution in [1.82, 2.24) is 15.5 Å². The molecule has 2 atom stereocenters. The first-order chi connectivity index (χ1) is 9.29. The maximum Gasteiger partial charge on any atom is 0.337 e. The number of rotatable bonds is 4. The van der Waals surface area contributed by atoms with Gasteiger partial charge in [-0.2, -0.15) is 0 Å². The monoisotopic (exact) mass is 287 g/mol. The van der Waals surface area contributed by atoms with Crippen LogP contribution in [-0.2, 0) is 9.59 Å². The van der Waals surface area contributed by atoms with Crippen LogP contribution < -0.4 is 10.6 Å². The van der Waals surface area contributed by atoms with Gasteiger partial charge >= 0.3 is 12.0 Å². The number of carboxylic acids is 1. The van der Waals surface area contributed by atoms with E-state index in [2.05, 4.69) is 10.6 Å². The molecule has 1 rings (SSSR count). The zero-order valence-electron chi connectivity index (χ0n) is 11.7. The standard InChI is InChI=1S/C12H21N3O5/c1-12(20,10(17)18)7-14-11(19)15-6-4-3-5-8(15)9(16)13-2/h8,20H,3-7H2,1-2H3,(H,13,16)(H,14,19)(H,17,18). The number of carboxylic acid groups (broad SMARTS) is 1. The number of aliphatic carboxylic acids is 1. The fraction of sp³-hybridized carbons (Fsp3) is 0.750. The summed E-state index contributed by atoms with van der Waals surface area (Å²) < 4.78 is 0. The van der Waals surface area contributed by atoms with Crippen LogP contribution in [0.4, 0.5) is 4.79 Å². The average Bonchev–Trinajstić information content (AvgIpc) is 2.43. The number of piperidine rings is 1. The van der Waals surface area contributed by atoms with E-state index in [0.717, 1.165) is 19.8 Å². The van der Waals surface area contributed by atoms with Crippen LogP contribution in [0.25, 0.3) is 0 Å². The average molecular weight is 287 g/mol. The Labute approximate surface area is 117 Å². The van der Waals surface area contributed by atoms with Crippen LogP contribution in [0.5, 0.6) is 0 Å². The van der Waals surface area contributed by atoms with Gasteiger partial charge in [-0.15, -0.1) is 0 Å². The molecule has 0 spiro atoms. The second-order valence-corrected chi connectivity index (χ2v) is 5.06. The Kier molecular flexibility index (Phi) is 5.32. The fourth-order valence-electron chi connectivity index (χ4n) is 2.04. The molecule has 1 aliphatic heterocycles. The number of carbonyl (C=O) groups is 3. The van der Waals surface area contributed by atoms with Gasteiger partial charge in [0.1, 0.15) is 6.04 Å². The molecular weight excluding hydrogens is 266 g/mol. The highest BCUT2D eigenvalue weighted by Gasteiger charge is 2.34. The SMILES string of the molecule is CNC(=O)C1CCCCN1C(=O)NCC(C)(O)C(=O)O. The smallest absolute Gasteiger partial charge is 0.337 e. The minimum atomic E-state index is -2.03. The number of urea groups is 1. The summed E-state index contributed by atoms with van der Waals surface area (Å²) in [7, 11) is 1.50. The molecule has 1 fully saturated rings. The molecule has 8 nitrogen and oxygen atoms in total. The summed E-state index contributed by atoms with van der Waals surface area (Å²) in [4.78, 5) is 35.9. The van der Waals surface area contributed by atoms with E-state index in [1.165, 1.54) is 11.9 Å². The van der Waals surface area contributed by atoms with Gasteiger partial charge in [0.05, 0.1) is 6.54 Å². The predicted octanol–water partition coefficient (Wildman–Crippen LogP) is -0.868.